The lowest BCUT2D eigenvalue weighted by Gasteiger charge is -2.34. The van der Waals surface area contributed by atoms with Crippen LogP contribution < -0.4 is 5.32 Å². The van der Waals surface area contributed by atoms with Gasteiger partial charge in [-0.1, -0.05) is 6.92 Å². The van der Waals surface area contributed by atoms with Gasteiger partial charge in [0.15, 0.2) is 0 Å². The first-order valence-corrected chi connectivity index (χ1v) is 8.07. The number of rotatable bonds is 10. The van der Waals surface area contributed by atoms with Crippen molar-refractivity contribution in [2.45, 2.75) is 57.7 Å². The van der Waals surface area contributed by atoms with Crippen molar-refractivity contribution < 1.29 is 9.53 Å². The maximum Gasteiger partial charge on any atom is 0.325 e. The monoisotopic (exact) mass is 299 g/mol. The van der Waals surface area contributed by atoms with E-state index < -0.39 is 5.54 Å². The second-order valence-corrected chi connectivity index (χ2v) is 6.73. The van der Waals surface area contributed by atoms with E-state index in [2.05, 4.69) is 43.1 Å². The van der Waals surface area contributed by atoms with Crippen molar-refractivity contribution >= 4 is 5.97 Å². The molecule has 1 aliphatic carbocycles. The molecule has 2 unspecified atom stereocenters. The van der Waals surface area contributed by atoms with Gasteiger partial charge in [-0.05, 0) is 53.8 Å². The zero-order valence-electron chi connectivity index (χ0n) is 14.6. The van der Waals surface area contributed by atoms with Crippen molar-refractivity contribution in [3.8, 4) is 0 Å². The first-order chi connectivity index (χ1) is 9.82. The van der Waals surface area contributed by atoms with Gasteiger partial charge in [0.05, 0.1) is 7.11 Å². The summed E-state index contributed by atoms with van der Waals surface area (Å²) in [4.78, 5) is 16.8. The summed E-state index contributed by atoms with van der Waals surface area (Å²) in [5.74, 6) is -0.147. The number of ether oxygens (including phenoxy) is 1. The fraction of sp³-hybridized carbons (Fsp3) is 0.938. The highest BCUT2D eigenvalue weighted by Gasteiger charge is 2.39. The lowest BCUT2D eigenvalue weighted by molar-refractivity contribution is -0.148. The number of nitrogens with zero attached hydrogens (tertiary/aromatic N) is 2. The zero-order chi connectivity index (χ0) is 16.0. The number of likely N-dealkylation sites (N-methyl/N-ethyl adjacent to an activating group) is 2. The molecule has 21 heavy (non-hydrogen) atoms. The highest BCUT2D eigenvalue weighted by atomic mass is 16.5. The minimum atomic E-state index is -0.568. The Hall–Kier alpha value is -0.650. The molecule has 2 atom stereocenters. The quantitative estimate of drug-likeness (QED) is 0.617. The summed E-state index contributed by atoms with van der Waals surface area (Å²) in [6.45, 7) is 9.32. The van der Waals surface area contributed by atoms with E-state index in [4.69, 9.17) is 4.74 Å². The number of nitrogens with one attached hydrogen (secondary N) is 1. The van der Waals surface area contributed by atoms with Crippen molar-refractivity contribution in [1.29, 1.82) is 0 Å². The molecule has 0 aromatic carbocycles. The molecule has 0 amide bonds. The fourth-order valence-electron chi connectivity index (χ4n) is 2.84. The van der Waals surface area contributed by atoms with Crippen LogP contribution >= 0.6 is 0 Å². The minimum Gasteiger partial charge on any atom is -0.468 e. The van der Waals surface area contributed by atoms with Crippen molar-refractivity contribution in [1.82, 2.24) is 15.1 Å². The smallest absolute Gasteiger partial charge is 0.325 e. The van der Waals surface area contributed by atoms with Crippen LogP contribution in [0.25, 0.3) is 0 Å². The Kier molecular flexibility index (Phi) is 7.10. The van der Waals surface area contributed by atoms with E-state index >= 15 is 0 Å². The molecule has 5 heteroatoms. The van der Waals surface area contributed by atoms with Crippen LogP contribution in [0.1, 0.15) is 40.0 Å². The molecule has 0 saturated heterocycles. The van der Waals surface area contributed by atoms with Gasteiger partial charge in [0.25, 0.3) is 0 Å². The van der Waals surface area contributed by atoms with Crippen molar-refractivity contribution in [2.24, 2.45) is 0 Å². The van der Waals surface area contributed by atoms with Crippen LogP contribution in [0.2, 0.25) is 0 Å². The van der Waals surface area contributed by atoms with E-state index in [0.29, 0.717) is 12.1 Å². The number of methoxy groups -OCH3 is 1. The van der Waals surface area contributed by atoms with E-state index in [0.717, 1.165) is 26.1 Å². The predicted molar refractivity (Wildman–Crippen MR) is 86.5 cm³/mol. The molecule has 124 valence electrons. The van der Waals surface area contributed by atoms with Gasteiger partial charge >= 0.3 is 5.97 Å². The van der Waals surface area contributed by atoms with Crippen LogP contribution in [0.5, 0.6) is 0 Å². The average Bonchev–Trinajstić information content (AvgIpc) is 3.21. The third-order valence-electron chi connectivity index (χ3n) is 4.29. The van der Waals surface area contributed by atoms with E-state index in [1.165, 1.54) is 20.0 Å². The molecule has 0 aromatic heterocycles. The standard InChI is InChI=1S/C16H33N3O2/c1-7-19(13(2)12-18(4)5)11-10-16(3,15(20)21-6)17-14-8-9-14/h13-14,17H,7-12H2,1-6H3. The Balaban J connectivity index is 2.58. The van der Waals surface area contributed by atoms with Crippen LogP contribution in [-0.2, 0) is 9.53 Å². The Bertz CT molecular complexity index is 331. The summed E-state index contributed by atoms with van der Waals surface area (Å²) in [5, 5.41) is 3.47. The van der Waals surface area contributed by atoms with E-state index in [1.807, 2.05) is 6.92 Å². The van der Waals surface area contributed by atoms with Gasteiger partial charge in [0.1, 0.15) is 5.54 Å². The third-order valence-corrected chi connectivity index (χ3v) is 4.29. The predicted octanol–water partition coefficient (Wildman–Crippen LogP) is 1.33. The summed E-state index contributed by atoms with van der Waals surface area (Å²) in [5.41, 5.74) is -0.568. The van der Waals surface area contributed by atoms with Crippen LogP contribution in [0.3, 0.4) is 0 Å². The number of carbonyl (C=O) groups is 1. The van der Waals surface area contributed by atoms with Gasteiger partial charge in [-0.2, -0.15) is 0 Å². The molecule has 5 nitrogen and oxygen atoms in total. The first-order valence-electron chi connectivity index (χ1n) is 8.07. The Morgan fingerprint density at radius 1 is 1.43 bits per heavy atom. The molecule has 1 rings (SSSR count). The number of hydrogen-bond donors (Lipinski definition) is 1. The number of hydrogen-bond acceptors (Lipinski definition) is 5. The molecule has 0 radical (unpaired) electrons. The molecule has 1 N–H and O–H groups in total. The fourth-order valence-corrected chi connectivity index (χ4v) is 2.84. The number of esters is 1. The summed E-state index contributed by atoms with van der Waals surface area (Å²) < 4.78 is 5.01. The Morgan fingerprint density at radius 3 is 2.48 bits per heavy atom. The maximum absolute atomic E-state index is 12.1. The molecule has 1 aliphatic rings. The average molecular weight is 299 g/mol. The van der Waals surface area contributed by atoms with Crippen molar-refractivity contribution in [3.63, 3.8) is 0 Å². The van der Waals surface area contributed by atoms with Crippen LogP contribution in [0.15, 0.2) is 0 Å². The Labute approximate surface area is 130 Å². The lowest BCUT2D eigenvalue weighted by Crippen LogP contribution is -2.53. The third kappa shape index (κ3) is 5.93. The summed E-state index contributed by atoms with van der Waals surface area (Å²) in [7, 11) is 5.66. The molecule has 0 aromatic rings. The maximum atomic E-state index is 12.1. The van der Waals surface area contributed by atoms with E-state index in [1.54, 1.807) is 0 Å². The number of carbonyl (C=O) groups excluding carboxylic acids is 1. The topological polar surface area (TPSA) is 44.8 Å². The summed E-state index contributed by atoms with van der Waals surface area (Å²) in [6.07, 6.45) is 3.12. The van der Waals surface area contributed by atoms with Gasteiger partial charge in [0, 0.05) is 25.2 Å². The SMILES string of the molecule is CCN(CCC(C)(NC1CC1)C(=O)OC)C(C)CN(C)C. The lowest BCUT2D eigenvalue weighted by atomic mass is 9.96. The second-order valence-electron chi connectivity index (χ2n) is 6.73. The Morgan fingerprint density at radius 2 is 2.05 bits per heavy atom. The van der Waals surface area contributed by atoms with Gasteiger partial charge in [-0.25, -0.2) is 0 Å². The van der Waals surface area contributed by atoms with Crippen LogP contribution in [-0.4, -0.2) is 74.2 Å². The van der Waals surface area contributed by atoms with Gasteiger partial charge < -0.3 is 9.64 Å². The van der Waals surface area contributed by atoms with Crippen molar-refractivity contribution in [3.05, 3.63) is 0 Å². The molecule has 0 heterocycles. The molecule has 1 fully saturated rings. The normalized spacial score (nSPS) is 19.6. The second kappa shape index (κ2) is 8.11. The molecule has 0 spiro atoms. The van der Waals surface area contributed by atoms with Gasteiger partial charge in [-0.3, -0.25) is 15.0 Å². The molecule has 1 saturated carbocycles. The largest absolute Gasteiger partial charge is 0.468 e. The molecule has 0 bridgehead atoms. The minimum absolute atomic E-state index is 0.147. The van der Waals surface area contributed by atoms with E-state index in [-0.39, 0.29) is 5.97 Å². The van der Waals surface area contributed by atoms with Crippen molar-refractivity contribution in [2.75, 3.05) is 40.8 Å². The zero-order valence-corrected chi connectivity index (χ0v) is 14.6. The van der Waals surface area contributed by atoms with Gasteiger partial charge in [-0.15, -0.1) is 0 Å². The highest BCUT2D eigenvalue weighted by Crippen LogP contribution is 2.25. The van der Waals surface area contributed by atoms with Crippen LogP contribution in [0.4, 0.5) is 0 Å². The van der Waals surface area contributed by atoms with Gasteiger partial charge in [0.2, 0.25) is 0 Å². The molecule has 0 aliphatic heterocycles. The highest BCUT2D eigenvalue weighted by molar-refractivity contribution is 5.80. The summed E-state index contributed by atoms with van der Waals surface area (Å²) >= 11 is 0. The molecular formula is C16H33N3O2. The first kappa shape index (κ1) is 18.4. The van der Waals surface area contributed by atoms with Crippen LogP contribution in [0, 0.1) is 0 Å². The summed E-state index contributed by atoms with van der Waals surface area (Å²) in [6, 6.07) is 0.969. The van der Waals surface area contributed by atoms with E-state index in [9.17, 15) is 4.79 Å². The molecular weight excluding hydrogens is 266 g/mol.